The predicted octanol–water partition coefficient (Wildman–Crippen LogP) is 18.4. The molecule has 71 heavy (non-hydrogen) atoms. The van der Waals surface area contributed by atoms with E-state index in [1.54, 1.807) is 11.1 Å². The lowest BCUT2D eigenvalue weighted by Crippen LogP contribution is -2.59. The molecule has 0 unspecified atom stereocenters. The minimum atomic E-state index is -0.420. The highest BCUT2D eigenvalue weighted by atomic mass is 32.1. The number of nitrogens with zero attached hydrogens (tertiary/aromatic N) is 1. The van der Waals surface area contributed by atoms with Crippen molar-refractivity contribution in [2.75, 3.05) is 4.90 Å². The van der Waals surface area contributed by atoms with Gasteiger partial charge in [0.2, 0.25) is 0 Å². The maximum Gasteiger partial charge on any atom is 0.0719 e. The second-order valence-corrected chi connectivity index (χ2v) is 22.6. The number of hydrogen-bond acceptors (Lipinski definition) is 2. The molecule has 338 valence electrons. The quantitative estimate of drug-likeness (QED) is 0.166. The highest BCUT2D eigenvalue weighted by molar-refractivity contribution is 7.25. The number of thiophene rings is 1. The van der Waals surface area contributed by atoms with Gasteiger partial charge in [0.1, 0.15) is 0 Å². The van der Waals surface area contributed by atoms with E-state index in [0.717, 1.165) is 17.5 Å². The Balaban J connectivity index is 0.928. The number of rotatable bonds is 5. The maximum atomic E-state index is 2.72. The average molecular weight is 926 g/mol. The Morgan fingerprint density at radius 2 is 0.901 bits per heavy atom. The van der Waals surface area contributed by atoms with Gasteiger partial charge in [0, 0.05) is 42.3 Å². The Labute approximate surface area is 419 Å². The Bertz CT molecular complexity index is 3900. The van der Waals surface area contributed by atoms with Gasteiger partial charge in [0.05, 0.1) is 11.1 Å². The number of anilines is 3. The third kappa shape index (κ3) is 5.41. The van der Waals surface area contributed by atoms with Crippen LogP contribution in [-0.4, -0.2) is 0 Å². The van der Waals surface area contributed by atoms with Gasteiger partial charge in [0.25, 0.3) is 0 Å². The molecule has 0 N–H and O–H groups in total. The monoisotopic (exact) mass is 925 g/mol. The minimum Gasteiger partial charge on any atom is -0.310 e. The van der Waals surface area contributed by atoms with E-state index in [-0.39, 0.29) is 5.41 Å². The normalized spacial score (nSPS) is 21.7. The van der Waals surface area contributed by atoms with E-state index < -0.39 is 5.41 Å². The summed E-state index contributed by atoms with van der Waals surface area (Å²) in [6, 6.07) is 86.3. The molecular formula is C69H51NS. The smallest absolute Gasteiger partial charge is 0.0719 e. The number of fused-ring (bicyclic) bond motifs is 13. The lowest BCUT2D eigenvalue weighted by atomic mass is 9.38. The van der Waals surface area contributed by atoms with Crippen molar-refractivity contribution in [2.24, 2.45) is 23.7 Å². The van der Waals surface area contributed by atoms with Gasteiger partial charge in [-0.1, -0.05) is 182 Å². The van der Waals surface area contributed by atoms with Crippen LogP contribution in [0.3, 0.4) is 0 Å². The molecule has 6 aliphatic rings. The average Bonchev–Trinajstić information content (AvgIpc) is 3.96. The van der Waals surface area contributed by atoms with Crippen LogP contribution >= 0.6 is 11.3 Å². The number of hydrogen-bond donors (Lipinski definition) is 0. The standard InChI is InChI=1S/C69H51NS/c1-2-18-52-45(15-1)16-13-28-64(52)70(49-33-31-46(32-34-49)51-17-3-4-19-53(51)56-23-14-30-66-67(56)57-22-7-12-29-65(57)71-66)50-35-36-62-63(42-50)68(47-38-43-37-44(40-47)41-48(68)39-43)60-26-10-11-27-61(60)69(62)58-24-8-5-20-54(58)55-21-6-9-25-59(55)69/h1-36,42-44,47-48H,37-41H2. The van der Waals surface area contributed by atoms with E-state index in [1.165, 1.54) is 130 Å². The molecule has 10 aromatic carbocycles. The van der Waals surface area contributed by atoms with Gasteiger partial charge in [-0.15, -0.1) is 11.3 Å². The summed E-state index contributed by atoms with van der Waals surface area (Å²) < 4.78 is 2.66. The van der Waals surface area contributed by atoms with Crippen molar-refractivity contribution in [1.29, 1.82) is 0 Å². The van der Waals surface area contributed by atoms with Crippen molar-refractivity contribution in [3.05, 3.63) is 258 Å². The minimum absolute atomic E-state index is 0.0677. The molecule has 4 fully saturated rings. The van der Waals surface area contributed by atoms with Crippen LogP contribution in [0.15, 0.2) is 224 Å². The molecular weight excluding hydrogens is 875 g/mol. The first-order valence-electron chi connectivity index (χ1n) is 26.0. The molecule has 0 atom stereocenters. The molecule has 0 radical (unpaired) electrons. The van der Waals surface area contributed by atoms with E-state index in [4.69, 9.17) is 0 Å². The zero-order valence-electron chi connectivity index (χ0n) is 39.6. The fraction of sp³-hybridized carbons (Fsp3) is 0.159. The fourth-order valence-corrected chi connectivity index (χ4v) is 17.1. The van der Waals surface area contributed by atoms with Crippen LogP contribution in [0.1, 0.15) is 65.5 Å². The molecule has 11 aromatic rings. The molecule has 4 saturated carbocycles. The van der Waals surface area contributed by atoms with Crippen LogP contribution in [0, 0.1) is 23.7 Å². The highest BCUT2D eigenvalue weighted by Gasteiger charge is 2.64. The Hall–Kier alpha value is -7.52. The van der Waals surface area contributed by atoms with Crippen molar-refractivity contribution < 1.29 is 0 Å². The lowest BCUT2D eigenvalue weighted by Gasteiger charge is -2.65. The first-order chi connectivity index (χ1) is 35.2. The summed E-state index contributed by atoms with van der Waals surface area (Å²) in [7, 11) is 0. The molecule has 0 saturated heterocycles. The van der Waals surface area contributed by atoms with Gasteiger partial charge in [-0.3, -0.25) is 0 Å². The third-order valence-corrected chi connectivity index (χ3v) is 19.5. The van der Waals surface area contributed by atoms with Crippen molar-refractivity contribution in [2.45, 2.75) is 42.9 Å². The summed E-state index contributed by atoms with van der Waals surface area (Å²) >= 11 is 1.89. The molecule has 2 spiro atoms. The lowest BCUT2D eigenvalue weighted by molar-refractivity contribution is -0.0440. The SMILES string of the molecule is c1ccc(-c2cccc3sc4ccccc4c23)c(-c2ccc(N(c3ccc4c(c3)C3(c5ccccc5C45c4ccccc4-c4ccccc45)C4CC5CC(C4)CC3C5)c3cccc4ccccc34)cc2)c1. The summed E-state index contributed by atoms with van der Waals surface area (Å²) in [4.78, 5) is 2.59. The zero-order valence-corrected chi connectivity index (χ0v) is 40.4. The number of benzene rings is 10. The van der Waals surface area contributed by atoms with Crippen LogP contribution in [0.4, 0.5) is 17.1 Å². The van der Waals surface area contributed by atoms with Gasteiger partial charge in [-0.25, -0.2) is 0 Å². The molecule has 1 aromatic heterocycles. The van der Waals surface area contributed by atoms with E-state index in [1.807, 2.05) is 11.3 Å². The van der Waals surface area contributed by atoms with Crippen molar-refractivity contribution in [1.82, 2.24) is 0 Å². The van der Waals surface area contributed by atoms with Gasteiger partial charge >= 0.3 is 0 Å². The van der Waals surface area contributed by atoms with Gasteiger partial charge in [-0.2, -0.15) is 0 Å². The topological polar surface area (TPSA) is 3.24 Å². The molecule has 6 aliphatic carbocycles. The summed E-state index contributed by atoms with van der Waals surface area (Å²) in [6.07, 6.45) is 6.76. The molecule has 0 aliphatic heterocycles. The molecule has 1 nitrogen and oxygen atoms in total. The van der Waals surface area contributed by atoms with Crippen LogP contribution in [0.2, 0.25) is 0 Å². The highest BCUT2D eigenvalue weighted by Crippen LogP contribution is 2.72. The van der Waals surface area contributed by atoms with Crippen molar-refractivity contribution in [3.63, 3.8) is 0 Å². The van der Waals surface area contributed by atoms with E-state index in [0.29, 0.717) is 11.8 Å². The van der Waals surface area contributed by atoms with Crippen molar-refractivity contribution >= 4 is 59.3 Å². The van der Waals surface area contributed by atoms with Gasteiger partial charge in [-0.05, 0) is 170 Å². The van der Waals surface area contributed by atoms with Gasteiger partial charge < -0.3 is 4.90 Å². The maximum absolute atomic E-state index is 2.72. The summed E-state index contributed by atoms with van der Waals surface area (Å²) in [5.74, 6) is 2.92. The summed E-state index contributed by atoms with van der Waals surface area (Å²) in [5.41, 5.74) is 19.9. The van der Waals surface area contributed by atoms with E-state index in [9.17, 15) is 0 Å². The van der Waals surface area contributed by atoms with E-state index in [2.05, 4.69) is 229 Å². The predicted molar refractivity (Wildman–Crippen MR) is 298 cm³/mol. The second kappa shape index (κ2) is 15.0. The molecule has 0 amide bonds. The van der Waals surface area contributed by atoms with Crippen LogP contribution in [0.25, 0.3) is 64.3 Å². The largest absolute Gasteiger partial charge is 0.310 e. The zero-order chi connectivity index (χ0) is 46.4. The first-order valence-corrected chi connectivity index (χ1v) is 26.8. The summed E-state index contributed by atoms with van der Waals surface area (Å²) in [6.45, 7) is 0. The molecule has 2 heteroatoms. The van der Waals surface area contributed by atoms with E-state index >= 15 is 0 Å². The third-order valence-electron chi connectivity index (χ3n) is 18.3. The van der Waals surface area contributed by atoms with Crippen LogP contribution in [-0.2, 0) is 10.8 Å². The Kier molecular flexibility index (Phi) is 8.50. The fourth-order valence-electron chi connectivity index (χ4n) is 16.0. The first kappa shape index (κ1) is 40.2. The second-order valence-electron chi connectivity index (χ2n) is 21.5. The van der Waals surface area contributed by atoms with Crippen LogP contribution in [0.5, 0.6) is 0 Å². The van der Waals surface area contributed by atoms with Crippen LogP contribution < -0.4 is 4.90 Å². The van der Waals surface area contributed by atoms with Crippen molar-refractivity contribution in [3.8, 4) is 33.4 Å². The molecule has 1 heterocycles. The molecule has 17 rings (SSSR count). The molecule has 4 bridgehead atoms. The summed E-state index contributed by atoms with van der Waals surface area (Å²) in [5, 5.41) is 5.18. The Morgan fingerprint density at radius 3 is 1.65 bits per heavy atom. The van der Waals surface area contributed by atoms with Gasteiger partial charge in [0.15, 0.2) is 0 Å². The Morgan fingerprint density at radius 1 is 0.366 bits per heavy atom.